The van der Waals surface area contributed by atoms with Crippen LogP contribution >= 0.6 is 11.3 Å². The Morgan fingerprint density at radius 2 is 2.00 bits per heavy atom. The predicted octanol–water partition coefficient (Wildman–Crippen LogP) is 2.99. The van der Waals surface area contributed by atoms with E-state index in [1.165, 1.54) is 23.5 Å². The van der Waals surface area contributed by atoms with Gasteiger partial charge in [-0.1, -0.05) is 18.2 Å². The van der Waals surface area contributed by atoms with Gasteiger partial charge in [-0.05, 0) is 24.4 Å². The van der Waals surface area contributed by atoms with Crippen LogP contribution in [0.1, 0.15) is 17.4 Å². The van der Waals surface area contributed by atoms with Crippen molar-refractivity contribution in [3.63, 3.8) is 0 Å². The fourth-order valence-electron chi connectivity index (χ4n) is 2.41. The number of thiophene rings is 1. The molecule has 114 valence electrons. The summed E-state index contributed by atoms with van der Waals surface area (Å²) in [5.41, 5.74) is -1.21. The van der Waals surface area contributed by atoms with Gasteiger partial charge in [-0.25, -0.2) is 13.6 Å². The number of halogens is 2. The summed E-state index contributed by atoms with van der Waals surface area (Å²) < 4.78 is 27.0. The number of amides is 3. The van der Waals surface area contributed by atoms with E-state index in [2.05, 4.69) is 5.32 Å². The van der Waals surface area contributed by atoms with E-state index in [4.69, 9.17) is 0 Å². The van der Waals surface area contributed by atoms with Crippen molar-refractivity contribution in [1.29, 1.82) is 0 Å². The number of benzene rings is 1. The van der Waals surface area contributed by atoms with Crippen molar-refractivity contribution < 1.29 is 18.4 Å². The summed E-state index contributed by atoms with van der Waals surface area (Å²) in [5, 5.41) is 4.42. The van der Waals surface area contributed by atoms with Crippen molar-refractivity contribution in [3.8, 4) is 0 Å². The average Bonchev–Trinajstić information content (AvgIpc) is 3.08. The molecule has 0 unspecified atom stereocenters. The maximum Gasteiger partial charge on any atom is 0.325 e. The Morgan fingerprint density at radius 3 is 2.68 bits per heavy atom. The molecule has 0 saturated carbocycles. The topological polar surface area (TPSA) is 49.4 Å². The van der Waals surface area contributed by atoms with Crippen LogP contribution < -0.4 is 5.32 Å². The molecule has 3 rings (SSSR count). The molecule has 1 aliphatic heterocycles. The van der Waals surface area contributed by atoms with Crippen LogP contribution in [0, 0.1) is 11.6 Å². The minimum atomic E-state index is -1.17. The number of nitrogens with zero attached hydrogens (tertiary/aromatic N) is 1. The molecule has 0 radical (unpaired) electrons. The molecule has 4 nitrogen and oxygen atoms in total. The summed E-state index contributed by atoms with van der Waals surface area (Å²) >= 11 is 1.34. The van der Waals surface area contributed by atoms with E-state index >= 15 is 0 Å². The molecule has 0 aliphatic carbocycles. The lowest BCUT2D eigenvalue weighted by atomic mass is 10.0. The standard InChI is InChI=1S/C15H12F2N2O2S/c1-15(11-6-3-7-22-11)13(20)19(14(21)18-15)8-9-4-2-5-10(16)12(9)17/h2-7H,8H2,1H3,(H,18,21)/t15-/m1/s1. The first-order valence-electron chi connectivity index (χ1n) is 6.54. The highest BCUT2D eigenvalue weighted by atomic mass is 32.1. The Balaban J connectivity index is 1.91. The highest BCUT2D eigenvalue weighted by Crippen LogP contribution is 2.32. The number of hydrogen-bond donors (Lipinski definition) is 1. The summed E-state index contributed by atoms with van der Waals surface area (Å²) in [6.07, 6.45) is 0. The van der Waals surface area contributed by atoms with Gasteiger partial charge in [0, 0.05) is 10.4 Å². The molecule has 2 aromatic rings. The number of hydrogen-bond acceptors (Lipinski definition) is 3. The minimum absolute atomic E-state index is 0.0427. The van der Waals surface area contributed by atoms with Gasteiger partial charge < -0.3 is 5.32 Å². The molecule has 1 atom stereocenters. The molecule has 22 heavy (non-hydrogen) atoms. The average molecular weight is 322 g/mol. The van der Waals surface area contributed by atoms with Gasteiger partial charge in [-0.15, -0.1) is 11.3 Å². The first-order valence-corrected chi connectivity index (χ1v) is 7.42. The van der Waals surface area contributed by atoms with Crippen LogP contribution in [0.3, 0.4) is 0 Å². The third-order valence-electron chi connectivity index (χ3n) is 3.65. The number of nitrogens with one attached hydrogen (secondary N) is 1. The lowest BCUT2D eigenvalue weighted by Crippen LogP contribution is -2.40. The molecule has 1 aliphatic rings. The lowest BCUT2D eigenvalue weighted by Gasteiger charge is -2.20. The minimum Gasteiger partial charge on any atom is -0.319 e. The third-order valence-corrected chi connectivity index (χ3v) is 4.74. The second-order valence-corrected chi connectivity index (χ2v) is 6.08. The maximum absolute atomic E-state index is 13.7. The normalized spacial score (nSPS) is 21.3. The Bertz CT molecular complexity index is 748. The molecule has 0 bridgehead atoms. The largest absolute Gasteiger partial charge is 0.325 e. The first kappa shape index (κ1) is 14.6. The molecule has 2 heterocycles. The molecule has 3 amide bonds. The van der Waals surface area contributed by atoms with Crippen molar-refractivity contribution in [1.82, 2.24) is 10.2 Å². The van der Waals surface area contributed by atoms with E-state index in [0.717, 1.165) is 11.0 Å². The van der Waals surface area contributed by atoms with E-state index < -0.39 is 29.1 Å². The van der Waals surface area contributed by atoms with Crippen LogP contribution in [0.2, 0.25) is 0 Å². The summed E-state index contributed by atoms with van der Waals surface area (Å²) in [6, 6.07) is 6.57. The van der Waals surface area contributed by atoms with Crippen LogP contribution in [0.25, 0.3) is 0 Å². The van der Waals surface area contributed by atoms with E-state index in [-0.39, 0.29) is 12.1 Å². The van der Waals surface area contributed by atoms with Crippen molar-refractivity contribution in [2.75, 3.05) is 0 Å². The summed E-state index contributed by atoms with van der Waals surface area (Å²) in [6.45, 7) is 1.29. The van der Waals surface area contributed by atoms with Gasteiger partial charge >= 0.3 is 6.03 Å². The maximum atomic E-state index is 13.7. The molecule has 1 aromatic carbocycles. The Hall–Kier alpha value is -2.28. The second kappa shape index (κ2) is 5.17. The van der Waals surface area contributed by atoms with Crippen LogP contribution in [0.5, 0.6) is 0 Å². The molecule has 1 N–H and O–H groups in total. The number of rotatable bonds is 3. The zero-order valence-corrected chi connectivity index (χ0v) is 12.4. The summed E-state index contributed by atoms with van der Waals surface area (Å²) in [7, 11) is 0. The Kier molecular flexibility index (Phi) is 3.44. The quantitative estimate of drug-likeness (QED) is 0.883. The molecule has 1 aromatic heterocycles. The highest BCUT2D eigenvalue weighted by Gasteiger charge is 2.49. The van der Waals surface area contributed by atoms with Crippen molar-refractivity contribution in [3.05, 3.63) is 57.8 Å². The van der Waals surface area contributed by atoms with Gasteiger partial charge in [-0.3, -0.25) is 9.69 Å². The van der Waals surface area contributed by atoms with E-state index in [1.54, 1.807) is 24.4 Å². The molecule has 1 fully saturated rings. The van der Waals surface area contributed by atoms with Gasteiger partial charge in [-0.2, -0.15) is 0 Å². The third kappa shape index (κ3) is 2.18. The number of carbonyl (C=O) groups excluding carboxylic acids is 2. The molecule has 7 heteroatoms. The second-order valence-electron chi connectivity index (χ2n) is 5.14. The van der Waals surface area contributed by atoms with Crippen LogP contribution in [-0.4, -0.2) is 16.8 Å². The SMILES string of the molecule is C[C@]1(c2cccs2)NC(=O)N(Cc2cccc(F)c2F)C1=O. The molecule has 1 saturated heterocycles. The number of imide groups is 1. The molecule has 0 spiro atoms. The molecular weight excluding hydrogens is 310 g/mol. The van der Waals surface area contributed by atoms with Crippen LogP contribution in [0.4, 0.5) is 13.6 Å². The number of urea groups is 1. The zero-order chi connectivity index (χ0) is 15.9. The van der Waals surface area contributed by atoms with Crippen molar-refractivity contribution in [2.45, 2.75) is 19.0 Å². The van der Waals surface area contributed by atoms with Crippen molar-refractivity contribution in [2.24, 2.45) is 0 Å². The summed E-state index contributed by atoms with van der Waals surface area (Å²) in [5.74, 6) is -2.54. The number of carbonyl (C=O) groups is 2. The monoisotopic (exact) mass is 322 g/mol. The Morgan fingerprint density at radius 1 is 1.23 bits per heavy atom. The van der Waals surface area contributed by atoms with E-state index in [9.17, 15) is 18.4 Å². The van der Waals surface area contributed by atoms with Gasteiger partial charge in [0.05, 0.1) is 6.54 Å². The van der Waals surface area contributed by atoms with Gasteiger partial charge in [0.25, 0.3) is 5.91 Å². The van der Waals surface area contributed by atoms with Gasteiger partial charge in [0.15, 0.2) is 17.2 Å². The molecular formula is C15H12F2N2O2S. The predicted molar refractivity (Wildman–Crippen MR) is 77.1 cm³/mol. The van der Waals surface area contributed by atoms with E-state index in [0.29, 0.717) is 4.88 Å². The smallest absolute Gasteiger partial charge is 0.319 e. The van der Waals surface area contributed by atoms with Gasteiger partial charge in [0.2, 0.25) is 0 Å². The summed E-state index contributed by atoms with van der Waals surface area (Å²) in [4.78, 5) is 26.2. The van der Waals surface area contributed by atoms with Crippen LogP contribution in [0.15, 0.2) is 35.7 Å². The lowest BCUT2D eigenvalue weighted by molar-refractivity contribution is -0.131. The first-order chi connectivity index (χ1) is 10.4. The Labute approximate surface area is 129 Å². The van der Waals surface area contributed by atoms with E-state index in [1.807, 2.05) is 0 Å². The van der Waals surface area contributed by atoms with Gasteiger partial charge in [0.1, 0.15) is 0 Å². The highest BCUT2D eigenvalue weighted by molar-refractivity contribution is 7.10. The van der Waals surface area contributed by atoms with Crippen molar-refractivity contribution >= 4 is 23.3 Å². The van der Waals surface area contributed by atoms with Crippen LogP contribution in [-0.2, 0) is 16.9 Å². The fraction of sp³-hybridized carbons (Fsp3) is 0.200. The zero-order valence-electron chi connectivity index (χ0n) is 11.6. The fourth-order valence-corrected chi connectivity index (χ4v) is 3.25.